The van der Waals surface area contributed by atoms with E-state index in [2.05, 4.69) is 0 Å². The van der Waals surface area contributed by atoms with Crippen LogP contribution in [0.25, 0.3) is 16.9 Å². The molecule has 0 radical (unpaired) electrons. The van der Waals surface area contributed by atoms with Crippen LogP contribution in [0, 0.1) is 0 Å². The molecule has 0 bridgehead atoms. The number of carbonyl (C=O) groups excluding carboxylic acids is 1. The van der Waals surface area contributed by atoms with Crippen LogP contribution in [0.5, 0.6) is 5.75 Å². The van der Waals surface area contributed by atoms with Gasteiger partial charge in [0.25, 0.3) is 0 Å². The van der Waals surface area contributed by atoms with Gasteiger partial charge in [0, 0.05) is 29.3 Å². The summed E-state index contributed by atoms with van der Waals surface area (Å²) >= 11 is 0. The Hall–Kier alpha value is -4.91. The van der Waals surface area contributed by atoms with Crippen molar-refractivity contribution >= 4 is 11.6 Å². The molecule has 2 aromatic heterocycles. The lowest BCUT2D eigenvalue weighted by molar-refractivity contribution is 0.0679. The molecular formula is C29H22N4O3. The summed E-state index contributed by atoms with van der Waals surface area (Å²) in [4.78, 5) is 13.5. The van der Waals surface area contributed by atoms with Crippen molar-refractivity contribution in [2.24, 2.45) is 5.10 Å². The third kappa shape index (κ3) is 3.86. The number of aromatic hydroxyl groups is 1. The summed E-state index contributed by atoms with van der Waals surface area (Å²) < 4.78 is 7.24. The Balaban J connectivity index is 1.50. The average molecular weight is 475 g/mol. The number of rotatable bonds is 5. The first kappa shape index (κ1) is 21.6. The van der Waals surface area contributed by atoms with Crippen LogP contribution >= 0.6 is 0 Å². The third-order valence-electron chi connectivity index (χ3n) is 6.23. The molecule has 3 heterocycles. The first-order valence-corrected chi connectivity index (χ1v) is 11.6. The van der Waals surface area contributed by atoms with E-state index in [4.69, 9.17) is 14.6 Å². The quantitative estimate of drug-likeness (QED) is 0.347. The van der Waals surface area contributed by atoms with Crippen molar-refractivity contribution in [2.45, 2.75) is 12.5 Å². The Kier molecular flexibility index (Phi) is 5.42. The Morgan fingerprint density at radius 1 is 0.889 bits per heavy atom. The van der Waals surface area contributed by atoms with Crippen LogP contribution in [0.3, 0.4) is 0 Å². The molecule has 176 valence electrons. The van der Waals surface area contributed by atoms with Gasteiger partial charge in [0.05, 0.1) is 29.4 Å². The first-order valence-electron chi connectivity index (χ1n) is 11.6. The van der Waals surface area contributed by atoms with E-state index in [1.807, 2.05) is 77.6 Å². The highest BCUT2D eigenvalue weighted by molar-refractivity contribution is 6.06. The molecule has 7 nitrogen and oxygen atoms in total. The maximum Gasteiger partial charge on any atom is 0.310 e. The summed E-state index contributed by atoms with van der Waals surface area (Å²) in [5.74, 6) is -0.0496. The van der Waals surface area contributed by atoms with Crippen LogP contribution in [-0.4, -0.2) is 31.5 Å². The highest BCUT2D eigenvalue weighted by atomic mass is 16.3. The highest BCUT2D eigenvalue weighted by Crippen LogP contribution is 2.40. The smallest absolute Gasteiger partial charge is 0.310 e. The predicted octanol–water partition coefficient (Wildman–Crippen LogP) is 5.83. The van der Waals surface area contributed by atoms with E-state index in [9.17, 15) is 9.90 Å². The fourth-order valence-corrected chi connectivity index (χ4v) is 4.50. The summed E-state index contributed by atoms with van der Waals surface area (Å²) in [5.41, 5.74) is 4.65. The van der Waals surface area contributed by atoms with E-state index in [1.165, 1.54) is 11.3 Å². The zero-order chi connectivity index (χ0) is 24.5. The minimum absolute atomic E-state index is 0.116. The number of para-hydroxylation sites is 2. The van der Waals surface area contributed by atoms with E-state index in [-0.39, 0.29) is 17.4 Å². The van der Waals surface area contributed by atoms with E-state index in [1.54, 1.807) is 30.3 Å². The van der Waals surface area contributed by atoms with E-state index >= 15 is 0 Å². The number of aromatic nitrogens is 2. The molecule has 0 spiro atoms. The number of carbonyl (C=O) groups is 1. The Bertz CT molecular complexity index is 1540. The molecule has 0 aliphatic carbocycles. The Morgan fingerprint density at radius 3 is 2.33 bits per heavy atom. The SMILES string of the molecule is O=C(c1ccco1)N1N=C(c2ccccc2O)CC1c1cn(-c2ccccc2)nc1-c1ccccc1. The van der Waals surface area contributed by atoms with E-state index < -0.39 is 6.04 Å². The molecule has 0 saturated heterocycles. The Labute approximate surface area is 207 Å². The van der Waals surface area contributed by atoms with Gasteiger partial charge in [-0.15, -0.1) is 0 Å². The zero-order valence-corrected chi connectivity index (χ0v) is 19.2. The average Bonchev–Trinajstić information content (AvgIpc) is 3.69. The lowest BCUT2D eigenvalue weighted by atomic mass is 9.96. The lowest BCUT2D eigenvalue weighted by Gasteiger charge is -2.20. The molecular weight excluding hydrogens is 452 g/mol. The van der Waals surface area contributed by atoms with Crippen molar-refractivity contribution in [1.82, 2.24) is 14.8 Å². The molecule has 1 aliphatic rings. The van der Waals surface area contributed by atoms with Crippen LogP contribution in [0.1, 0.15) is 34.1 Å². The molecule has 1 N–H and O–H groups in total. The number of amides is 1. The summed E-state index contributed by atoms with van der Waals surface area (Å²) in [5, 5.41) is 21.6. The number of furan rings is 1. The number of hydrogen-bond acceptors (Lipinski definition) is 5. The summed E-state index contributed by atoms with van der Waals surface area (Å²) in [6.45, 7) is 0. The van der Waals surface area contributed by atoms with Gasteiger partial charge in [0.1, 0.15) is 5.75 Å². The first-order chi connectivity index (χ1) is 17.7. The van der Waals surface area contributed by atoms with Crippen molar-refractivity contribution in [3.05, 3.63) is 126 Å². The summed E-state index contributed by atoms with van der Waals surface area (Å²) in [6.07, 6.45) is 3.83. The van der Waals surface area contributed by atoms with Gasteiger partial charge in [0.15, 0.2) is 5.76 Å². The summed E-state index contributed by atoms with van der Waals surface area (Å²) in [6, 6.07) is 29.6. The van der Waals surface area contributed by atoms with Gasteiger partial charge in [-0.25, -0.2) is 9.69 Å². The molecule has 36 heavy (non-hydrogen) atoms. The Morgan fingerprint density at radius 2 is 1.61 bits per heavy atom. The summed E-state index contributed by atoms with van der Waals surface area (Å²) in [7, 11) is 0. The molecule has 0 saturated carbocycles. The van der Waals surface area contributed by atoms with E-state index in [0.29, 0.717) is 17.7 Å². The van der Waals surface area contributed by atoms with Crippen LogP contribution in [0.15, 0.2) is 119 Å². The number of phenols is 1. The van der Waals surface area contributed by atoms with Crippen molar-refractivity contribution < 1.29 is 14.3 Å². The van der Waals surface area contributed by atoms with Gasteiger partial charge in [-0.05, 0) is 36.4 Å². The van der Waals surface area contributed by atoms with Gasteiger partial charge >= 0.3 is 5.91 Å². The van der Waals surface area contributed by atoms with Crippen molar-refractivity contribution in [3.8, 4) is 22.7 Å². The molecule has 0 fully saturated rings. The standard InChI is InChI=1S/C29H22N4O3/c34-26-15-8-7-14-22(26)24-18-25(33(30-24)29(35)27-16-9-17-36-27)23-19-32(21-12-5-2-6-13-21)31-28(23)20-10-3-1-4-11-20/h1-17,19,25,34H,18H2. The van der Waals surface area contributed by atoms with Crippen LogP contribution in [0.2, 0.25) is 0 Å². The molecule has 6 rings (SSSR count). The molecule has 1 amide bonds. The number of nitrogens with zero attached hydrogens (tertiary/aromatic N) is 4. The second-order valence-electron chi connectivity index (χ2n) is 8.49. The third-order valence-corrected chi connectivity index (χ3v) is 6.23. The van der Waals surface area contributed by atoms with Crippen molar-refractivity contribution in [3.63, 3.8) is 0 Å². The molecule has 1 atom stereocenters. The minimum Gasteiger partial charge on any atom is -0.507 e. The van der Waals surface area contributed by atoms with Crippen molar-refractivity contribution in [2.75, 3.05) is 0 Å². The topological polar surface area (TPSA) is 83.9 Å². The second-order valence-corrected chi connectivity index (χ2v) is 8.49. The number of hydrazone groups is 1. The van der Waals surface area contributed by atoms with Crippen LogP contribution in [-0.2, 0) is 0 Å². The monoisotopic (exact) mass is 474 g/mol. The molecule has 1 aliphatic heterocycles. The maximum absolute atomic E-state index is 13.5. The molecule has 3 aromatic carbocycles. The normalized spacial score (nSPS) is 15.2. The van der Waals surface area contributed by atoms with Gasteiger partial charge in [-0.3, -0.25) is 4.79 Å². The fourth-order valence-electron chi connectivity index (χ4n) is 4.50. The largest absolute Gasteiger partial charge is 0.507 e. The zero-order valence-electron chi connectivity index (χ0n) is 19.2. The minimum atomic E-state index is -0.454. The van der Waals surface area contributed by atoms with Gasteiger partial charge < -0.3 is 9.52 Å². The highest BCUT2D eigenvalue weighted by Gasteiger charge is 2.38. The fraction of sp³-hybridized carbons (Fsp3) is 0.0690. The predicted molar refractivity (Wildman–Crippen MR) is 136 cm³/mol. The molecule has 5 aromatic rings. The number of hydrogen-bond donors (Lipinski definition) is 1. The van der Waals surface area contributed by atoms with E-state index in [0.717, 1.165) is 22.5 Å². The van der Waals surface area contributed by atoms with Crippen LogP contribution in [0.4, 0.5) is 0 Å². The van der Waals surface area contributed by atoms with Gasteiger partial charge in [-0.2, -0.15) is 10.2 Å². The molecule has 7 heteroatoms. The lowest BCUT2D eigenvalue weighted by Crippen LogP contribution is -2.27. The molecule has 1 unspecified atom stereocenters. The second kappa shape index (κ2) is 9.03. The van der Waals surface area contributed by atoms with Crippen molar-refractivity contribution in [1.29, 1.82) is 0 Å². The number of benzene rings is 3. The van der Waals surface area contributed by atoms with Gasteiger partial charge in [-0.1, -0.05) is 60.7 Å². The van der Waals surface area contributed by atoms with Crippen LogP contribution < -0.4 is 0 Å². The number of phenolic OH excluding ortho intramolecular Hbond substituents is 1. The maximum atomic E-state index is 13.5. The van der Waals surface area contributed by atoms with Gasteiger partial charge in [0.2, 0.25) is 0 Å².